The molecule has 0 aromatic rings. The summed E-state index contributed by atoms with van der Waals surface area (Å²) in [6.07, 6.45) is 7.66. The molecular weight excluding hydrogens is 228 g/mol. The van der Waals surface area contributed by atoms with E-state index in [0.29, 0.717) is 6.42 Å². The quantitative estimate of drug-likeness (QED) is 0.838. The summed E-state index contributed by atoms with van der Waals surface area (Å²) in [5.41, 5.74) is 0. The van der Waals surface area contributed by atoms with Gasteiger partial charge in [-0.1, -0.05) is 32.6 Å². The summed E-state index contributed by atoms with van der Waals surface area (Å²) in [6, 6.07) is 0. The Morgan fingerprint density at radius 3 is 2.00 bits per heavy atom. The molecule has 102 valence electrons. The van der Waals surface area contributed by atoms with Crippen LogP contribution in [-0.4, -0.2) is 16.9 Å². The highest BCUT2D eigenvalue weighted by atomic mass is 16.4. The number of ketones is 1. The summed E-state index contributed by atoms with van der Waals surface area (Å²) in [6.45, 7) is 2.24. The molecule has 2 atom stereocenters. The molecule has 2 aliphatic carbocycles. The van der Waals surface area contributed by atoms with E-state index < -0.39 is 11.9 Å². The van der Waals surface area contributed by atoms with Crippen molar-refractivity contribution >= 4 is 11.8 Å². The smallest absolute Gasteiger partial charge is 0.307 e. The molecule has 3 nitrogen and oxygen atoms in total. The van der Waals surface area contributed by atoms with E-state index >= 15 is 0 Å². The lowest BCUT2D eigenvalue weighted by Gasteiger charge is -2.33. The van der Waals surface area contributed by atoms with Gasteiger partial charge in [0.05, 0.1) is 5.92 Å². The topological polar surface area (TPSA) is 54.4 Å². The highest BCUT2D eigenvalue weighted by molar-refractivity contribution is 5.88. The maximum Gasteiger partial charge on any atom is 0.307 e. The molecule has 18 heavy (non-hydrogen) atoms. The van der Waals surface area contributed by atoms with Crippen molar-refractivity contribution in [3.05, 3.63) is 0 Å². The molecule has 0 unspecified atom stereocenters. The van der Waals surface area contributed by atoms with Crippen LogP contribution in [0.25, 0.3) is 0 Å². The van der Waals surface area contributed by atoms with Crippen LogP contribution < -0.4 is 0 Å². The fourth-order valence-corrected chi connectivity index (χ4v) is 3.61. The van der Waals surface area contributed by atoms with Crippen molar-refractivity contribution in [3.8, 4) is 0 Å². The van der Waals surface area contributed by atoms with E-state index in [1.54, 1.807) is 0 Å². The fraction of sp³-hybridized carbons (Fsp3) is 0.867. The molecule has 0 aromatic carbocycles. The van der Waals surface area contributed by atoms with E-state index in [-0.39, 0.29) is 17.6 Å². The van der Waals surface area contributed by atoms with Gasteiger partial charge in [0.2, 0.25) is 0 Å². The minimum atomic E-state index is -0.766. The number of hydrogen-bond acceptors (Lipinski definition) is 2. The first kappa shape index (κ1) is 13.6. The standard InChI is InChI=1S/C15H24O3/c1-10-6-8-11(9-7-10)14(16)12-4-2-3-5-13(12)15(17)18/h10-13H,2-9H2,1H3,(H,17,18)/t10?,11?,12-,13+/m1/s1. The van der Waals surface area contributed by atoms with Gasteiger partial charge in [0.1, 0.15) is 5.78 Å². The van der Waals surface area contributed by atoms with E-state index in [1.807, 2.05) is 0 Å². The number of carboxylic acids is 1. The number of rotatable bonds is 3. The zero-order valence-electron chi connectivity index (χ0n) is 11.2. The van der Waals surface area contributed by atoms with Crippen LogP contribution in [0.5, 0.6) is 0 Å². The first-order valence-electron chi connectivity index (χ1n) is 7.36. The number of carbonyl (C=O) groups is 2. The molecule has 0 spiro atoms. The van der Waals surface area contributed by atoms with Crippen molar-refractivity contribution in [1.82, 2.24) is 0 Å². The molecule has 0 aromatic heterocycles. The molecule has 0 bridgehead atoms. The molecule has 1 N–H and O–H groups in total. The molecule has 0 aliphatic heterocycles. The zero-order valence-corrected chi connectivity index (χ0v) is 11.2. The lowest BCUT2D eigenvalue weighted by atomic mass is 9.70. The summed E-state index contributed by atoms with van der Waals surface area (Å²) < 4.78 is 0. The average Bonchev–Trinajstić information content (AvgIpc) is 2.39. The largest absolute Gasteiger partial charge is 0.481 e. The maximum absolute atomic E-state index is 12.5. The lowest BCUT2D eigenvalue weighted by Crippen LogP contribution is -2.37. The number of aliphatic carboxylic acids is 1. The number of carboxylic acid groups (broad SMARTS) is 1. The van der Waals surface area contributed by atoms with Gasteiger partial charge in [0, 0.05) is 11.8 Å². The monoisotopic (exact) mass is 252 g/mol. The molecule has 0 heterocycles. The second-order valence-electron chi connectivity index (χ2n) is 6.19. The van der Waals surface area contributed by atoms with Crippen molar-refractivity contribution in [2.45, 2.75) is 58.3 Å². The van der Waals surface area contributed by atoms with Gasteiger partial charge in [0.15, 0.2) is 0 Å². The molecule has 0 saturated heterocycles. The Morgan fingerprint density at radius 1 is 0.889 bits per heavy atom. The van der Waals surface area contributed by atoms with Crippen LogP contribution in [0, 0.1) is 23.7 Å². The van der Waals surface area contributed by atoms with E-state index in [1.165, 1.54) is 0 Å². The normalized spacial score (nSPS) is 37.2. The molecule has 2 aliphatic rings. The molecule has 2 rings (SSSR count). The van der Waals surface area contributed by atoms with E-state index in [0.717, 1.165) is 50.9 Å². The zero-order chi connectivity index (χ0) is 13.1. The van der Waals surface area contributed by atoms with Crippen LogP contribution in [0.1, 0.15) is 58.3 Å². The van der Waals surface area contributed by atoms with Gasteiger partial charge in [-0.05, 0) is 31.6 Å². The molecule has 3 heteroatoms. The van der Waals surface area contributed by atoms with Gasteiger partial charge < -0.3 is 5.11 Å². The predicted molar refractivity (Wildman–Crippen MR) is 69.2 cm³/mol. The van der Waals surface area contributed by atoms with Crippen LogP contribution in [0.3, 0.4) is 0 Å². The summed E-state index contributed by atoms with van der Waals surface area (Å²) in [5.74, 6) is -0.242. The first-order valence-corrected chi connectivity index (χ1v) is 7.36. The third-order valence-corrected chi connectivity index (χ3v) is 4.87. The Balaban J connectivity index is 2.00. The van der Waals surface area contributed by atoms with Crippen molar-refractivity contribution in [3.63, 3.8) is 0 Å². The lowest BCUT2D eigenvalue weighted by molar-refractivity contribution is -0.149. The SMILES string of the molecule is CC1CCC(C(=O)[C@@H]2CCCC[C@@H]2C(=O)O)CC1. The summed E-state index contributed by atoms with van der Waals surface area (Å²) in [5, 5.41) is 9.25. The van der Waals surface area contributed by atoms with Crippen LogP contribution in [-0.2, 0) is 9.59 Å². The first-order chi connectivity index (χ1) is 8.59. The average molecular weight is 252 g/mol. The highest BCUT2D eigenvalue weighted by Crippen LogP contribution is 2.37. The van der Waals surface area contributed by atoms with Crippen molar-refractivity contribution in [1.29, 1.82) is 0 Å². The van der Waals surface area contributed by atoms with Gasteiger partial charge in [0.25, 0.3) is 0 Å². The number of hydrogen-bond donors (Lipinski definition) is 1. The van der Waals surface area contributed by atoms with Gasteiger partial charge in [-0.3, -0.25) is 9.59 Å². The van der Waals surface area contributed by atoms with E-state index in [2.05, 4.69) is 6.92 Å². The van der Waals surface area contributed by atoms with Crippen LogP contribution in [0.15, 0.2) is 0 Å². The number of Topliss-reactive ketones (excluding diaryl/α,β-unsaturated/α-hetero) is 1. The Bertz CT molecular complexity index is 316. The summed E-state index contributed by atoms with van der Waals surface area (Å²) in [7, 11) is 0. The molecular formula is C15H24O3. The van der Waals surface area contributed by atoms with Gasteiger partial charge in [-0.15, -0.1) is 0 Å². The minimum Gasteiger partial charge on any atom is -0.481 e. The number of carbonyl (C=O) groups excluding carboxylic acids is 1. The predicted octanol–water partition coefficient (Wildman–Crippen LogP) is 3.27. The van der Waals surface area contributed by atoms with E-state index in [4.69, 9.17) is 0 Å². The third-order valence-electron chi connectivity index (χ3n) is 4.87. The maximum atomic E-state index is 12.5. The molecule has 0 radical (unpaired) electrons. The second-order valence-corrected chi connectivity index (χ2v) is 6.19. The van der Waals surface area contributed by atoms with Crippen molar-refractivity contribution in [2.24, 2.45) is 23.7 Å². The van der Waals surface area contributed by atoms with Crippen molar-refractivity contribution in [2.75, 3.05) is 0 Å². The van der Waals surface area contributed by atoms with E-state index in [9.17, 15) is 14.7 Å². The molecule has 0 amide bonds. The molecule has 2 saturated carbocycles. The third kappa shape index (κ3) is 2.93. The molecule has 2 fully saturated rings. The Morgan fingerprint density at radius 2 is 1.44 bits per heavy atom. The summed E-state index contributed by atoms with van der Waals surface area (Å²) in [4.78, 5) is 23.8. The minimum absolute atomic E-state index is 0.145. The Labute approximate surface area is 109 Å². The summed E-state index contributed by atoms with van der Waals surface area (Å²) >= 11 is 0. The Hall–Kier alpha value is -0.860. The fourth-order valence-electron chi connectivity index (χ4n) is 3.61. The van der Waals surface area contributed by atoms with Crippen molar-refractivity contribution < 1.29 is 14.7 Å². The van der Waals surface area contributed by atoms with Gasteiger partial charge in [-0.2, -0.15) is 0 Å². The Kier molecular flexibility index (Phi) is 4.41. The van der Waals surface area contributed by atoms with Gasteiger partial charge >= 0.3 is 5.97 Å². The van der Waals surface area contributed by atoms with Crippen LogP contribution in [0.2, 0.25) is 0 Å². The highest BCUT2D eigenvalue weighted by Gasteiger charge is 2.39. The van der Waals surface area contributed by atoms with Gasteiger partial charge in [-0.25, -0.2) is 0 Å². The van der Waals surface area contributed by atoms with Crippen LogP contribution in [0.4, 0.5) is 0 Å². The van der Waals surface area contributed by atoms with Crippen LogP contribution >= 0.6 is 0 Å². The second kappa shape index (κ2) is 5.85.